The number of nitrogen functional groups attached to an aromatic ring is 1. The number of thiazole rings is 1. The number of anilines is 3. The highest BCUT2D eigenvalue weighted by atomic mass is 35.5. The number of nitrogens with two attached hydrogens (primary N) is 1. The lowest BCUT2D eigenvalue weighted by Gasteiger charge is -2.46. The Bertz CT molecular complexity index is 1270. The van der Waals surface area contributed by atoms with Crippen molar-refractivity contribution in [3.63, 3.8) is 0 Å². The van der Waals surface area contributed by atoms with Crippen LogP contribution >= 0.6 is 22.9 Å². The number of nitrogens with zero attached hydrogens (tertiary/aromatic N) is 5. The summed E-state index contributed by atoms with van der Waals surface area (Å²) in [5.41, 5.74) is 7.61. The number of aromatic nitrogens is 3. The minimum atomic E-state index is -1.32. The number of halogens is 1. The van der Waals surface area contributed by atoms with Crippen LogP contribution in [-0.4, -0.2) is 51.6 Å². The summed E-state index contributed by atoms with van der Waals surface area (Å²) >= 11 is 7.90. The maximum Gasteiger partial charge on any atom is 0.222 e. The highest BCUT2D eigenvalue weighted by Gasteiger charge is 2.50. The fraction of sp³-hybridized carbons (Fsp3) is 0.348. The van der Waals surface area contributed by atoms with Gasteiger partial charge < -0.3 is 20.6 Å². The molecule has 164 valence electrons. The Kier molecular flexibility index (Phi) is 4.91. The molecule has 5 rings (SSSR count). The van der Waals surface area contributed by atoms with Crippen molar-refractivity contribution >= 4 is 40.4 Å². The average molecular weight is 467 g/mol. The molecule has 0 amide bonds. The number of aryl methyl sites for hydroxylation is 1. The van der Waals surface area contributed by atoms with E-state index in [0.717, 1.165) is 35.8 Å². The highest BCUT2D eigenvalue weighted by molar-refractivity contribution is 7.11. The van der Waals surface area contributed by atoms with Crippen molar-refractivity contribution in [3.05, 3.63) is 56.6 Å². The van der Waals surface area contributed by atoms with Crippen LogP contribution in [0.25, 0.3) is 0 Å². The molecule has 2 aliphatic rings. The topological polar surface area (TPSA) is 91.4 Å². The van der Waals surface area contributed by atoms with Gasteiger partial charge in [-0.25, -0.2) is 9.97 Å². The van der Waals surface area contributed by atoms with Crippen molar-refractivity contribution in [2.75, 3.05) is 37.3 Å². The van der Waals surface area contributed by atoms with Crippen LogP contribution in [0.5, 0.6) is 0 Å². The van der Waals surface area contributed by atoms with Crippen molar-refractivity contribution < 1.29 is 5.11 Å². The van der Waals surface area contributed by atoms with Crippen molar-refractivity contribution in [1.82, 2.24) is 19.9 Å². The molecule has 0 bridgehead atoms. The Morgan fingerprint density at radius 1 is 1.25 bits per heavy atom. The van der Waals surface area contributed by atoms with E-state index in [-0.39, 0.29) is 11.4 Å². The van der Waals surface area contributed by atoms with Crippen molar-refractivity contribution in [3.8, 4) is 11.8 Å². The van der Waals surface area contributed by atoms with E-state index in [9.17, 15) is 5.11 Å². The molecule has 1 aromatic carbocycles. The summed E-state index contributed by atoms with van der Waals surface area (Å²) in [5, 5.41) is 11.9. The number of benzene rings is 1. The van der Waals surface area contributed by atoms with Crippen LogP contribution in [0.1, 0.15) is 27.9 Å². The molecule has 4 heterocycles. The molecule has 3 N–H and O–H groups in total. The average Bonchev–Trinajstić information content (AvgIpc) is 3.31. The number of likely N-dealkylation sites (tertiary alicyclic amines) is 1. The number of likely N-dealkylation sites (N-methyl/N-ethyl adjacent to an activating group) is 1. The van der Waals surface area contributed by atoms with E-state index >= 15 is 0 Å². The molecule has 1 unspecified atom stereocenters. The van der Waals surface area contributed by atoms with Crippen LogP contribution in [-0.2, 0) is 11.0 Å². The van der Waals surface area contributed by atoms with Gasteiger partial charge in [-0.1, -0.05) is 29.5 Å². The second kappa shape index (κ2) is 7.42. The third-order valence-electron chi connectivity index (χ3n) is 5.95. The van der Waals surface area contributed by atoms with Crippen molar-refractivity contribution in [2.45, 2.75) is 24.9 Å². The fourth-order valence-electron chi connectivity index (χ4n) is 4.59. The molecular formula is C23H23ClN6OS. The van der Waals surface area contributed by atoms with Gasteiger partial charge in [0.05, 0.1) is 6.20 Å². The zero-order valence-electron chi connectivity index (χ0n) is 18.1. The molecule has 7 nitrogen and oxygen atoms in total. The molecule has 0 aliphatic carbocycles. The van der Waals surface area contributed by atoms with Gasteiger partial charge in [-0.05, 0) is 38.6 Å². The Labute approximate surface area is 195 Å². The zero-order valence-corrected chi connectivity index (χ0v) is 19.6. The highest BCUT2D eigenvalue weighted by Crippen LogP contribution is 2.49. The van der Waals surface area contributed by atoms with Gasteiger partial charge in [0.2, 0.25) is 5.95 Å². The number of hydrogen-bond acceptors (Lipinski definition) is 8. The largest absolute Gasteiger partial charge is 0.371 e. The third kappa shape index (κ3) is 3.51. The number of aliphatic hydroxyl groups is 1. The molecule has 9 heteroatoms. The van der Waals surface area contributed by atoms with Gasteiger partial charge in [0.15, 0.2) is 11.4 Å². The standard InChI is InChI=1S/C23H23ClN6OS/c1-14-9-26-20(32-14)22(2,31)7-6-15-4-5-16-18(8-15)30(13-23(16)11-29(3)12-23)19-17(24)10-27-21(25)28-19/h4-5,8-10,31H,11-13H2,1-3H3,(H2,25,27,28). The summed E-state index contributed by atoms with van der Waals surface area (Å²) in [6.45, 7) is 6.30. The summed E-state index contributed by atoms with van der Waals surface area (Å²) in [6.07, 6.45) is 3.28. The van der Waals surface area contributed by atoms with Crippen LogP contribution in [0.3, 0.4) is 0 Å². The van der Waals surface area contributed by atoms with E-state index in [1.807, 2.05) is 19.1 Å². The van der Waals surface area contributed by atoms with Crippen LogP contribution in [0.15, 0.2) is 30.6 Å². The van der Waals surface area contributed by atoms with E-state index in [4.69, 9.17) is 17.3 Å². The van der Waals surface area contributed by atoms with Gasteiger partial charge in [0.1, 0.15) is 10.0 Å². The molecule has 2 aliphatic heterocycles. The zero-order chi connectivity index (χ0) is 22.7. The molecule has 0 saturated carbocycles. The molecule has 1 spiro atoms. The van der Waals surface area contributed by atoms with Gasteiger partial charge in [0, 0.05) is 47.4 Å². The van der Waals surface area contributed by atoms with Crippen LogP contribution in [0.2, 0.25) is 5.02 Å². The Morgan fingerprint density at radius 3 is 2.72 bits per heavy atom. The second-order valence-corrected chi connectivity index (χ2v) is 10.4. The van der Waals surface area contributed by atoms with Gasteiger partial charge in [-0.2, -0.15) is 4.98 Å². The minimum absolute atomic E-state index is 0.0169. The first-order valence-electron chi connectivity index (χ1n) is 10.2. The smallest absolute Gasteiger partial charge is 0.222 e. The molecule has 2 aromatic heterocycles. The third-order valence-corrected chi connectivity index (χ3v) is 7.34. The summed E-state index contributed by atoms with van der Waals surface area (Å²) in [5.74, 6) is 6.90. The maximum absolute atomic E-state index is 10.8. The maximum atomic E-state index is 10.8. The molecular weight excluding hydrogens is 444 g/mol. The van der Waals surface area contributed by atoms with E-state index in [1.54, 1.807) is 13.1 Å². The van der Waals surface area contributed by atoms with Gasteiger partial charge >= 0.3 is 0 Å². The monoisotopic (exact) mass is 466 g/mol. The second-order valence-electron chi connectivity index (χ2n) is 8.77. The van der Waals surface area contributed by atoms with Gasteiger partial charge in [-0.15, -0.1) is 11.3 Å². The van der Waals surface area contributed by atoms with Crippen molar-refractivity contribution in [2.24, 2.45) is 0 Å². The quantitative estimate of drug-likeness (QED) is 0.561. The summed E-state index contributed by atoms with van der Waals surface area (Å²) in [6, 6.07) is 6.18. The summed E-state index contributed by atoms with van der Waals surface area (Å²) in [7, 11) is 2.12. The first-order chi connectivity index (χ1) is 15.2. The van der Waals surface area contributed by atoms with Crippen LogP contribution in [0.4, 0.5) is 17.5 Å². The minimum Gasteiger partial charge on any atom is -0.371 e. The molecule has 1 saturated heterocycles. The molecule has 32 heavy (non-hydrogen) atoms. The first kappa shape index (κ1) is 21.2. The number of hydrogen-bond donors (Lipinski definition) is 2. The summed E-state index contributed by atoms with van der Waals surface area (Å²) < 4.78 is 0. The number of fused-ring (bicyclic) bond motifs is 2. The lowest BCUT2D eigenvalue weighted by molar-refractivity contribution is 0.107. The predicted octanol–water partition coefficient (Wildman–Crippen LogP) is 3.07. The van der Waals surface area contributed by atoms with Gasteiger partial charge in [-0.3, -0.25) is 0 Å². The summed E-state index contributed by atoms with van der Waals surface area (Å²) in [4.78, 5) is 18.1. The lowest BCUT2D eigenvalue weighted by atomic mass is 9.75. The first-order valence-corrected chi connectivity index (χ1v) is 11.4. The Morgan fingerprint density at radius 2 is 2.03 bits per heavy atom. The fourth-order valence-corrected chi connectivity index (χ4v) is 5.55. The Balaban J connectivity index is 1.55. The number of rotatable bonds is 2. The van der Waals surface area contributed by atoms with Crippen LogP contribution < -0.4 is 10.6 Å². The SMILES string of the molecule is Cc1cnc(C(C)(O)C#Cc2ccc3c(c2)N(c2nc(N)ncc2Cl)CC32CN(C)C2)s1. The van der Waals surface area contributed by atoms with E-state index < -0.39 is 5.60 Å². The van der Waals surface area contributed by atoms with E-state index in [0.29, 0.717) is 15.8 Å². The molecule has 1 fully saturated rings. The van der Waals surface area contributed by atoms with Crippen molar-refractivity contribution in [1.29, 1.82) is 0 Å². The lowest BCUT2D eigenvalue weighted by Crippen LogP contribution is -2.59. The van der Waals surface area contributed by atoms with Crippen LogP contribution in [0, 0.1) is 18.8 Å². The molecule has 0 radical (unpaired) electrons. The normalized spacial score (nSPS) is 18.6. The Hall–Kier alpha value is -2.70. The van der Waals surface area contributed by atoms with Gasteiger partial charge in [0.25, 0.3) is 0 Å². The molecule has 3 aromatic rings. The van der Waals surface area contributed by atoms with E-state index in [1.165, 1.54) is 23.1 Å². The predicted molar refractivity (Wildman–Crippen MR) is 127 cm³/mol. The molecule has 1 atom stereocenters. The van der Waals surface area contributed by atoms with E-state index in [2.05, 4.69) is 49.7 Å².